The number of carboxylic acids is 1. The third kappa shape index (κ3) is 1.84. The summed E-state index contributed by atoms with van der Waals surface area (Å²) in [6.07, 6.45) is -0.187. The van der Waals surface area contributed by atoms with E-state index in [1.165, 1.54) is 4.90 Å². The van der Waals surface area contributed by atoms with Gasteiger partial charge in [0.05, 0.1) is 17.8 Å². The molecule has 5 nitrogen and oxygen atoms in total. The lowest BCUT2D eigenvalue weighted by molar-refractivity contribution is -0.139. The van der Waals surface area contributed by atoms with Gasteiger partial charge in [-0.2, -0.15) is 0 Å². The van der Waals surface area contributed by atoms with Crippen molar-refractivity contribution >= 4 is 23.3 Å². The molecule has 1 aromatic rings. The number of anilines is 2. The number of likely N-dealkylation sites (N-methyl/N-ethyl adjacent to an activating group) is 2. The van der Waals surface area contributed by atoms with Gasteiger partial charge in [0.2, 0.25) is 5.91 Å². The number of carboxylic acid groups (broad SMARTS) is 1. The predicted octanol–water partition coefficient (Wildman–Crippen LogP) is 0.942. The number of hydrogen-bond acceptors (Lipinski definition) is 3. The third-order valence-corrected chi connectivity index (χ3v) is 3.07. The molecule has 1 aliphatic rings. The minimum absolute atomic E-state index is 0.186. The van der Waals surface area contributed by atoms with Crippen molar-refractivity contribution in [2.75, 3.05) is 23.9 Å². The fourth-order valence-corrected chi connectivity index (χ4v) is 2.11. The van der Waals surface area contributed by atoms with E-state index in [2.05, 4.69) is 0 Å². The number of benzene rings is 1. The predicted molar refractivity (Wildman–Crippen MR) is 64.3 cm³/mol. The number of carbonyl (C=O) groups excluding carboxylic acids is 1. The molecule has 5 heteroatoms. The Kier molecular flexibility index (Phi) is 2.75. The second-order valence-electron chi connectivity index (χ2n) is 4.11. The minimum Gasteiger partial charge on any atom is -0.481 e. The molecular weight excluding hydrogens is 220 g/mol. The molecular formula is C12H14N2O3. The van der Waals surface area contributed by atoms with E-state index in [0.29, 0.717) is 0 Å². The Morgan fingerprint density at radius 2 is 1.88 bits per heavy atom. The maximum atomic E-state index is 12.1. The van der Waals surface area contributed by atoms with Crippen LogP contribution in [0.4, 0.5) is 11.4 Å². The van der Waals surface area contributed by atoms with Crippen molar-refractivity contribution in [1.82, 2.24) is 0 Å². The molecule has 1 amide bonds. The van der Waals surface area contributed by atoms with E-state index in [1.54, 1.807) is 19.0 Å². The lowest BCUT2D eigenvalue weighted by atomic mass is 10.0. The summed E-state index contributed by atoms with van der Waals surface area (Å²) < 4.78 is 0. The van der Waals surface area contributed by atoms with Gasteiger partial charge in [-0.25, -0.2) is 0 Å². The van der Waals surface area contributed by atoms with Crippen LogP contribution in [0.25, 0.3) is 0 Å². The average Bonchev–Trinajstić information content (AvgIpc) is 2.31. The number of hydrogen-bond donors (Lipinski definition) is 1. The molecule has 1 atom stereocenters. The van der Waals surface area contributed by atoms with Gasteiger partial charge in [0, 0.05) is 14.1 Å². The zero-order valence-corrected chi connectivity index (χ0v) is 9.75. The fourth-order valence-electron chi connectivity index (χ4n) is 2.11. The van der Waals surface area contributed by atoms with E-state index in [9.17, 15) is 9.59 Å². The first-order valence-electron chi connectivity index (χ1n) is 5.33. The molecule has 0 saturated carbocycles. The lowest BCUT2D eigenvalue weighted by Gasteiger charge is -2.38. The van der Waals surface area contributed by atoms with Crippen LogP contribution in [0.15, 0.2) is 24.3 Å². The second kappa shape index (κ2) is 4.08. The highest BCUT2D eigenvalue weighted by molar-refractivity contribution is 6.06. The first kappa shape index (κ1) is 11.4. The van der Waals surface area contributed by atoms with Crippen LogP contribution in [-0.4, -0.2) is 37.1 Å². The van der Waals surface area contributed by atoms with E-state index in [-0.39, 0.29) is 12.3 Å². The molecule has 1 N–H and O–H groups in total. The van der Waals surface area contributed by atoms with Gasteiger partial charge >= 0.3 is 5.97 Å². The molecule has 1 heterocycles. The Morgan fingerprint density at radius 3 is 2.47 bits per heavy atom. The summed E-state index contributed by atoms with van der Waals surface area (Å²) in [5.41, 5.74) is 1.68. The summed E-state index contributed by atoms with van der Waals surface area (Å²) in [4.78, 5) is 26.1. The molecule has 1 aliphatic heterocycles. The van der Waals surface area contributed by atoms with E-state index >= 15 is 0 Å². The zero-order chi connectivity index (χ0) is 12.6. The Hall–Kier alpha value is -2.04. The summed E-state index contributed by atoms with van der Waals surface area (Å²) in [6.45, 7) is 0. The molecule has 90 valence electrons. The topological polar surface area (TPSA) is 60.9 Å². The smallest absolute Gasteiger partial charge is 0.305 e. The molecule has 0 bridgehead atoms. The van der Waals surface area contributed by atoms with Crippen molar-refractivity contribution in [2.45, 2.75) is 12.5 Å². The van der Waals surface area contributed by atoms with Crippen molar-refractivity contribution in [3.05, 3.63) is 24.3 Å². The molecule has 17 heavy (non-hydrogen) atoms. The van der Waals surface area contributed by atoms with Gasteiger partial charge in [-0.05, 0) is 12.1 Å². The van der Waals surface area contributed by atoms with Crippen molar-refractivity contribution < 1.29 is 14.7 Å². The largest absolute Gasteiger partial charge is 0.481 e. The van der Waals surface area contributed by atoms with E-state index < -0.39 is 12.0 Å². The van der Waals surface area contributed by atoms with Crippen LogP contribution in [0.1, 0.15) is 6.42 Å². The number of carbonyl (C=O) groups is 2. The van der Waals surface area contributed by atoms with Crippen molar-refractivity contribution in [1.29, 1.82) is 0 Å². The number of rotatable bonds is 2. The Bertz CT molecular complexity index is 473. The maximum Gasteiger partial charge on any atom is 0.305 e. The normalized spacial score (nSPS) is 19.2. The maximum absolute atomic E-state index is 12.1. The second-order valence-corrected chi connectivity index (χ2v) is 4.11. The SMILES string of the molecule is CN1C(=O)C(CC(=O)O)N(C)c2ccccc21. The number of fused-ring (bicyclic) bond motifs is 1. The highest BCUT2D eigenvalue weighted by Crippen LogP contribution is 2.34. The molecule has 1 aromatic carbocycles. The number of aliphatic carboxylic acids is 1. The Labute approximate surface area is 99.3 Å². The molecule has 1 unspecified atom stereocenters. The number of nitrogens with zero attached hydrogens (tertiary/aromatic N) is 2. The summed E-state index contributed by atoms with van der Waals surface area (Å²) >= 11 is 0. The van der Waals surface area contributed by atoms with Crippen LogP contribution in [-0.2, 0) is 9.59 Å². The van der Waals surface area contributed by atoms with Gasteiger partial charge in [0.15, 0.2) is 0 Å². The van der Waals surface area contributed by atoms with Crippen LogP contribution in [0.5, 0.6) is 0 Å². The van der Waals surface area contributed by atoms with Crippen molar-refractivity contribution in [2.24, 2.45) is 0 Å². The highest BCUT2D eigenvalue weighted by Gasteiger charge is 2.35. The summed E-state index contributed by atoms with van der Waals surface area (Å²) in [7, 11) is 3.42. The van der Waals surface area contributed by atoms with E-state index in [4.69, 9.17) is 5.11 Å². The molecule has 2 rings (SSSR count). The van der Waals surface area contributed by atoms with Crippen molar-refractivity contribution in [3.8, 4) is 0 Å². The molecule has 0 aromatic heterocycles. The van der Waals surface area contributed by atoms with Gasteiger partial charge in [0.25, 0.3) is 0 Å². The highest BCUT2D eigenvalue weighted by atomic mass is 16.4. The Morgan fingerprint density at radius 1 is 1.29 bits per heavy atom. The van der Waals surface area contributed by atoms with Crippen LogP contribution >= 0.6 is 0 Å². The Balaban J connectivity index is 2.43. The molecule has 0 radical (unpaired) electrons. The summed E-state index contributed by atoms with van der Waals surface area (Å²) in [6, 6.07) is 6.82. The number of para-hydroxylation sites is 2. The quantitative estimate of drug-likeness (QED) is 0.827. The van der Waals surface area contributed by atoms with Gasteiger partial charge in [-0.3, -0.25) is 9.59 Å². The lowest BCUT2D eigenvalue weighted by Crippen LogP contribution is -2.51. The summed E-state index contributed by atoms with van der Waals surface area (Å²) in [5.74, 6) is -1.16. The standard InChI is InChI=1S/C12H14N2O3/c1-13-8-5-3-4-6-9(8)14(2)12(17)10(13)7-11(15)16/h3-6,10H,7H2,1-2H3,(H,15,16). The van der Waals surface area contributed by atoms with E-state index in [1.807, 2.05) is 24.3 Å². The van der Waals surface area contributed by atoms with Crippen molar-refractivity contribution in [3.63, 3.8) is 0 Å². The molecule has 0 spiro atoms. The molecule has 0 aliphatic carbocycles. The van der Waals surface area contributed by atoms with Crippen LogP contribution in [0.2, 0.25) is 0 Å². The van der Waals surface area contributed by atoms with Gasteiger partial charge < -0.3 is 14.9 Å². The zero-order valence-electron chi connectivity index (χ0n) is 9.75. The average molecular weight is 234 g/mol. The summed E-state index contributed by atoms with van der Waals surface area (Å²) in [5, 5.41) is 8.84. The van der Waals surface area contributed by atoms with Gasteiger partial charge in [-0.15, -0.1) is 0 Å². The van der Waals surface area contributed by atoms with E-state index in [0.717, 1.165) is 11.4 Å². The first-order valence-corrected chi connectivity index (χ1v) is 5.33. The third-order valence-electron chi connectivity index (χ3n) is 3.07. The van der Waals surface area contributed by atoms with Gasteiger partial charge in [0.1, 0.15) is 6.04 Å². The minimum atomic E-state index is -0.969. The molecule has 0 fully saturated rings. The molecule has 0 saturated heterocycles. The van der Waals surface area contributed by atoms with Crippen LogP contribution < -0.4 is 9.80 Å². The van der Waals surface area contributed by atoms with Crippen LogP contribution in [0, 0.1) is 0 Å². The van der Waals surface area contributed by atoms with Crippen LogP contribution in [0.3, 0.4) is 0 Å². The fraction of sp³-hybridized carbons (Fsp3) is 0.333. The van der Waals surface area contributed by atoms with Gasteiger partial charge in [-0.1, -0.05) is 12.1 Å². The first-order chi connectivity index (χ1) is 8.02. The monoisotopic (exact) mass is 234 g/mol. The number of amides is 1.